The van der Waals surface area contributed by atoms with E-state index in [-0.39, 0.29) is 0 Å². The molecule has 1 aromatic heterocycles. The molecule has 0 bridgehead atoms. The van der Waals surface area contributed by atoms with E-state index in [1.165, 1.54) is 0 Å². The van der Waals surface area contributed by atoms with Gasteiger partial charge in [-0.15, -0.1) is 0 Å². The molecule has 1 saturated heterocycles. The van der Waals surface area contributed by atoms with Crippen LogP contribution in [0.5, 0.6) is 17.2 Å². The summed E-state index contributed by atoms with van der Waals surface area (Å²) in [6, 6.07) is 5.54. The monoisotopic (exact) mass is 387 g/mol. The highest BCUT2D eigenvalue weighted by Crippen LogP contribution is 2.40. The third-order valence-corrected chi connectivity index (χ3v) is 4.55. The van der Waals surface area contributed by atoms with Crippen LogP contribution in [0.4, 0.5) is 17.3 Å². The molecule has 0 spiro atoms. The highest BCUT2D eigenvalue weighted by Gasteiger charge is 2.18. The number of rotatable bonds is 7. The zero-order valence-corrected chi connectivity index (χ0v) is 16.6. The third kappa shape index (κ3) is 4.19. The van der Waals surface area contributed by atoms with Gasteiger partial charge in [-0.05, 0) is 6.92 Å². The van der Waals surface area contributed by atoms with Gasteiger partial charge in [-0.3, -0.25) is 4.79 Å². The van der Waals surface area contributed by atoms with Crippen molar-refractivity contribution in [2.75, 3.05) is 57.7 Å². The van der Waals surface area contributed by atoms with Crippen molar-refractivity contribution in [2.45, 2.75) is 6.92 Å². The van der Waals surface area contributed by atoms with E-state index in [4.69, 9.17) is 14.2 Å². The molecule has 3 rings (SSSR count). The van der Waals surface area contributed by atoms with Crippen LogP contribution in [0.15, 0.2) is 18.2 Å². The van der Waals surface area contributed by atoms with Crippen molar-refractivity contribution in [2.24, 2.45) is 0 Å². The largest absolute Gasteiger partial charge is 0.493 e. The maximum Gasteiger partial charge on any atom is 0.209 e. The SMILES string of the molecule is COc1cc(Nc2cc(N3CCN(C=O)CC3)nc(C)n2)cc(OC)c1OC. The second-order valence-electron chi connectivity index (χ2n) is 6.33. The molecule has 0 saturated carbocycles. The van der Waals surface area contributed by atoms with Gasteiger partial charge in [0.2, 0.25) is 12.2 Å². The highest BCUT2D eigenvalue weighted by atomic mass is 16.5. The van der Waals surface area contributed by atoms with Crippen molar-refractivity contribution in [3.05, 3.63) is 24.0 Å². The molecule has 0 atom stereocenters. The van der Waals surface area contributed by atoms with Crippen molar-refractivity contribution in [3.63, 3.8) is 0 Å². The van der Waals surface area contributed by atoms with Crippen molar-refractivity contribution >= 4 is 23.7 Å². The lowest BCUT2D eigenvalue weighted by atomic mass is 10.2. The number of piperazine rings is 1. The van der Waals surface area contributed by atoms with Gasteiger partial charge in [0.1, 0.15) is 17.5 Å². The number of aryl methyl sites for hydroxylation is 1. The average Bonchev–Trinajstić information content (AvgIpc) is 2.72. The van der Waals surface area contributed by atoms with E-state index in [1.807, 2.05) is 25.1 Å². The summed E-state index contributed by atoms with van der Waals surface area (Å²) in [6.07, 6.45) is 0.889. The van der Waals surface area contributed by atoms with Crippen LogP contribution in [0.2, 0.25) is 0 Å². The summed E-state index contributed by atoms with van der Waals surface area (Å²) in [7, 11) is 4.72. The molecular weight excluding hydrogens is 362 g/mol. The molecule has 1 aliphatic heterocycles. The number of hydrogen-bond acceptors (Lipinski definition) is 8. The van der Waals surface area contributed by atoms with Crippen LogP contribution in [-0.2, 0) is 4.79 Å². The van der Waals surface area contributed by atoms with Crippen molar-refractivity contribution in [1.82, 2.24) is 14.9 Å². The Balaban J connectivity index is 1.85. The van der Waals surface area contributed by atoms with Crippen molar-refractivity contribution in [3.8, 4) is 17.2 Å². The van der Waals surface area contributed by atoms with Crippen LogP contribution in [0.3, 0.4) is 0 Å². The molecule has 2 heterocycles. The Kier molecular flexibility index (Phi) is 6.03. The number of methoxy groups -OCH3 is 3. The number of aromatic nitrogens is 2. The summed E-state index contributed by atoms with van der Waals surface area (Å²) in [5, 5.41) is 3.29. The van der Waals surface area contributed by atoms with Gasteiger partial charge < -0.3 is 29.3 Å². The first kappa shape index (κ1) is 19.5. The van der Waals surface area contributed by atoms with E-state index in [0.29, 0.717) is 42.0 Å². The molecule has 9 nitrogen and oxygen atoms in total. The zero-order valence-electron chi connectivity index (χ0n) is 16.6. The van der Waals surface area contributed by atoms with Crippen LogP contribution in [-0.4, -0.2) is 68.8 Å². The van der Waals surface area contributed by atoms with Crippen LogP contribution < -0.4 is 24.4 Å². The van der Waals surface area contributed by atoms with Crippen LogP contribution in [0.25, 0.3) is 0 Å². The maximum atomic E-state index is 10.9. The Morgan fingerprint density at radius 3 is 2.14 bits per heavy atom. The number of anilines is 3. The van der Waals surface area contributed by atoms with Crippen molar-refractivity contribution in [1.29, 1.82) is 0 Å². The molecule has 0 aliphatic carbocycles. The molecule has 9 heteroatoms. The lowest BCUT2D eigenvalue weighted by Gasteiger charge is -2.33. The molecule has 0 radical (unpaired) electrons. The van der Waals surface area contributed by atoms with E-state index < -0.39 is 0 Å². The van der Waals surface area contributed by atoms with Gasteiger partial charge in [0.15, 0.2) is 11.5 Å². The smallest absolute Gasteiger partial charge is 0.209 e. The van der Waals surface area contributed by atoms with E-state index >= 15 is 0 Å². The quantitative estimate of drug-likeness (QED) is 0.720. The zero-order chi connectivity index (χ0) is 20.1. The highest BCUT2D eigenvalue weighted by molar-refractivity contribution is 5.67. The number of hydrogen-bond donors (Lipinski definition) is 1. The van der Waals surface area contributed by atoms with Gasteiger partial charge >= 0.3 is 0 Å². The Morgan fingerprint density at radius 2 is 1.61 bits per heavy atom. The number of nitrogens with zero attached hydrogens (tertiary/aromatic N) is 4. The first-order chi connectivity index (χ1) is 13.6. The number of amides is 1. The molecule has 28 heavy (non-hydrogen) atoms. The molecule has 1 amide bonds. The van der Waals surface area contributed by atoms with Gasteiger partial charge in [0.05, 0.1) is 21.3 Å². The summed E-state index contributed by atoms with van der Waals surface area (Å²) in [6.45, 7) is 4.69. The first-order valence-electron chi connectivity index (χ1n) is 8.95. The van der Waals surface area contributed by atoms with E-state index in [9.17, 15) is 4.79 Å². The number of benzene rings is 1. The Morgan fingerprint density at radius 1 is 0.964 bits per heavy atom. The lowest BCUT2D eigenvalue weighted by molar-refractivity contribution is -0.118. The van der Waals surface area contributed by atoms with Crippen LogP contribution >= 0.6 is 0 Å². The number of nitrogens with one attached hydrogen (secondary N) is 1. The van der Waals surface area contributed by atoms with Gasteiger partial charge in [0, 0.05) is 50.1 Å². The molecule has 1 aliphatic rings. The maximum absolute atomic E-state index is 10.9. The molecule has 1 N–H and O–H groups in total. The van der Waals surface area contributed by atoms with Gasteiger partial charge in [0.25, 0.3) is 0 Å². The van der Waals surface area contributed by atoms with Crippen LogP contribution in [0.1, 0.15) is 5.82 Å². The number of ether oxygens (including phenoxy) is 3. The minimum Gasteiger partial charge on any atom is -0.493 e. The summed E-state index contributed by atoms with van der Waals surface area (Å²) in [5.74, 6) is 3.79. The predicted octanol–water partition coefficient (Wildman–Crippen LogP) is 1.83. The van der Waals surface area contributed by atoms with Crippen molar-refractivity contribution < 1.29 is 19.0 Å². The second-order valence-corrected chi connectivity index (χ2v) is 6.33. The van der Waals surface area contributed by atoms with E-state index in [1.54, 1.807) is 26.2 Å². The normalized spacial score (nSPS) is 13.9. The fraction of sp³-hybridized carbons (Fsp3) is 0.421. The average molecular weight is 387 g/mol. The first-order valence-corrected chi connectivity index (χ1v) is 8.95. The molecule has 150 valence electrons. The molecular formula is C19H25N5O4. The van der Waals surface area contributed by atoms with Gasteiger partial charge in [-0.2, -0.15) is 0 Å². The predicted molar refractivity (Wildman–Crippen MR) is 106 cm³/mol. The molecule has 2 aromatic rings. The minimum atomic E-state index is 0.531. The van der Waals surface area contributed by atoms with E-state index in [0.717, 1.165) is 31.0 Å². The summed E-state index contributed by atoms with van der Waals surface area (Å²) >= 11 is 0. The van der Waals surface area contributed by atoms with Gasteiger partial charge in [-0.25, -0.2) is 9.97 Å². The Bertz CT molecular complexity index is 812. The summed E-state index contributed by atoms with van der Waals surface area (Å²) in [5.41, 5.74) is 0.754. The lowest BCUT2D eigenvalue weighted by Crippen LogP contribution is -2.46. The van der Waals surface area contributed by atoms with Crippen LogP contribution in [0, 0.1) is 6.92 Å². The number of carbonyl (C=O) groups is 1. The Labute approximate surface area is 164 Å². The standard InChI is InChI=1S/C19H25N5O4/c1-13-20-17(11-18(21-13)24-7-5-23(12-25)6-8-24)22-14-9-15(26-2)19(28-4)16(10-14)27-3/h9-12H,5-8H2,1-4H3,(H,20,21,22). The summed E-state index contributed by atoms with van der Waals surface area (Å²) in [4.78, 5) is 23.8. The molecule has 1 fully saturated rings. The fourth-order valence-electron chi connectivity index (χ4n) is 3.14. The Hall–Kier alpha value is -3.23. The topological polar surface area (TPSA) is 89.1 Å². The van der Waals surface area contributed by atoms with Gasteiger partial charge in [-0.1, -0.05) is 0 Å². The second kappa shape index (κ2) is 8.64. The third-order valence-electron chi connectivity index (χ3n) is 4.55. The fourth-order valence-corrected chi connectivity index (χ4v) is 3.14. The van der Waals surface area contributed by atoms with E-state index in [2.05, 4.69) is 20.2 Å². The number of carbonyl (C=O) groups excluding carboxylic acids is 1. The minimum absolute atomic E-state index is 0.531. The molecule has 0 unspecified atom stereocenters. The summed E-state index contributed by atoms with van der Waals surface area (Å²) < 4.78 is 16.2. The molecule has 1 aromatic carbocycles.